The Hall–Kier alpha value is -1.84. The van der Waals surface area contributed by atoms with Gasteiger partial charge in [0.1, 0.15) is 0 Å². The molecule has 0 radical (unpaired) electrons. The van der Waals surface area contributed by atoms with Gasteiger partial charge < -0.3 is 9.30 Å². The highest BCUT2D eigenvalue weighted by molar-refractivity contribution is 5.89. The van der Waals surface area contributed by atoms with Crippen molar-refractivity contribution in [2.45, 2.75) is 19.3 Å². The lowest BCUT2D eigenvalue weighted by atomic mass is 9.95. The van der Waals surface area contributed by atoms with E-state index in [0.717, 1.165) is 19.3 Å². The molecule has 4 nitrogen and oxygen atoms in total. The summed E-state index contributed by atoms with van der Waals surface area (Å²) in [5.74, 6) is -0.00671. The van der Waals surface area contributed by atoms with E-state index in [0.29, 0.717) is 18.1 Å². The van der Waals surface area contributed by atoms with Gasteiger partial charge in [0.25, 0.3) is 5.56 Å². The Labute approximate surface area is 106 Å². The summed E-state index contributed by atoms with van der Waals surface area (Å²) < 4.78 is 6.66. The number of carbonyl (C=O) groups excluding carboxylic acids is 1. The zero-order valence-corrected chi connectivity index (χ0v) is 10.5. The van der Waals surface area contributed by atoms with E-state index in [1.54, 1.807) is 19.3 Å². The lowest BCUT2D eigenvalue weighted by Crippen LogP contribution is -2.19. The average Bonchev–Trinajstić information content (AvgIpc) is 2.40. The SMILES string of the molecule is Cn1ccc(C(=O)OCC2CC=CCC2)cc1=O. The van der Waals surface area contributed by atoms with Crippen LogP contribution in [-0.2, 0) is 11.8 Å². The third-order valence-corrected chi connectivity index (χ3v) is 3.17. The van der Waals surface area contributed by atoms with E-state index in [1.165, 1.54) is 10.6 Å². The fraction of sp³-hybridized carbons (Fsp3) is 0.429. The van der Waals surface area contributed by atoms with Crippen LogP contribution >= 0.6 is 0 Å². The topological polar surface area (TPSA) is 48.3 Å². The highest BCUT2D eigenvalue weighted by Crippen LogP contribution is 2.18. The van der Waals surface area contributed by atoms with Crippen molar-refractivity contribution in [3.05, 3.63) is 46.4 Å². The Bertz CT molecular complexity index is 516. The molecular formula is C14H17NO3. The molecule has 1 atom stereocenters. The summed E-state index contributed by atoms with van der Waals surface area (Å²) in [6.45, 7) is 0.429. The van der Waals surface area contributed by atoms with Crippen LogP contribution in [0.1, 0.15) is 29.6 Å². The summed E-state index contributed by atoms with van der Waals surface area (Å²) in [7, 11) is 1.64. The molecule has 96 valence electrons. The molecule has 0 aliphatic heterocycles. The lowest BCUT2D eigenvalue weighted by Gasteiger charge is -2.17. The second-order valence-corrected chi connectivity index (χ2v) is 4.61. The summed E-state index contributed by atoms with van der Waals surface area (Å²) in [6, 6.07) is 2.91. The zero-order valence-electron chi connectivity index (χ0n) is 10.5. The summed E-state index contributed by atoms with van der Waals surface area (Å²) in [4.78, 5) is 23.2. The molecule has 1 aromatic heterocycles. The highest BCUT2D eigenvalue weighted by atomic mass is 16.5. The number of pyridine rings is 1. The third-order valence-electron chi connectivity index (χ3n) is 3.17. The van der Waals surface area contributed by atoms with Crippen molar-refractivity contribution >= 4 is 5.97 Å². The van der Waals surface area contributed by atoms with Gasteiger partial charge in [-0.15, -0.1) is 0 Å². The van der Waals surface area contributed by atoms with E-state index in [-0.39, 0.29) is 5.56 Å². The molecule has 0 saturated carbocycles. The highest BCUT2D eigenvalue weighted by Gasteiger charge is 2.14. The van der Waals surface area contributed by atoms with E-state index in [2.05, 4.69) is 12.2 Å². The second kappa shape index (κ2) is 5.67. The maximum absolute atomic E-state index is 11.8. The number of allylic oxidation sites excluding steroid dienone is 2. The molecular weight excluding hydrogens is 230 g/mol. The van der Waals surface area contributed by atoms with E-state index >= 15 is 0 Å². The first kappa shape index (κ1) is 12.6. The van der Waals surface area contributed by atoms with E-state index in [9.17, 15) is 9.59 Å². The number of carbonyl (C=O) groups is 1. The zero-order chi connectivity index (χ0) is 13.0. The summed E-state index contributed by atoms with van der Waals surface area (Å²) in [6.07, 6.45) is 8.92. The first-order chi connectivity index (χ1) is 8.66. The summed E-state index contributed by atoms with van der Waals surface area (Å²) in [5.41, 5.74) is 0.120. The van der Waals surface area contributed by atoms with Crippen LogP contribution in [0.15, 0.2) is 35.3 Å². The Morgan fingerprint density at radius 3 is 3.00 bits per heavy atom. The minimum atomic E-state index is -0.415. The number of nitrogens with zero attached hydrogens (tertiary/aromatic N) is 1. The van der Waals surface area contributed by atoms with Crippen molar-refractivity contribution in [3.63, 3.8) is 0 Å². The minimum absolute atomic E-state index is 0.204. The molecule has 0 aromatic carbocycles. The first-order valence-corrected chi connectivity index (χ1v) is 6.15. The van der Waals surface area contributed by atoms with Crippen LogP contribution in [0.2, 0.25) is 0 Å². The molecule has 1 aromatic rings. The van der Waals surface area contributed by atoms with Crippen LogP contribution in [0.3, 0.4) is 0 Å². The molecule has 1 heterocycles. The normalized spacial score (nSPS) is 18.6. The number of rotatable bonds is 3. The maximum atomic E-state index is 11.8. The standard InChI is InChI=1S/C14H17NO3/c1-15-8-7-12(9-13(15)16)14(17)18-10-11-5-3-2-4-6-11/h2-3,7-9,11H,4-6,10H2,1H3. The van der Waals surface area contributed by atoms with E-state index in [1.807, 2.05) is 0 Å². The number of esters is 1. The quantitative estimate of drug-likeness (QED) is 0.605. The van der Waals surface area contributed by atoms with Gasteiger partial charge in [-0.2, -0.15) is 0 Å². The van der Waals surface area contributed by atoms with Gasteiger partial charge in [0.15, 0.2) is 0 Å². The van der Waals surface area contributed by atoms with Crippen LogP contribution in [0.25, 0.3) is 0 Å². The van der Waals surface area contributed by atoms with Gasteiger partial charge in [0, 0.05) is 19.3 Å². The Kier molecular flexibility index (Phi) is 3.97. The van der Waals surface area contributed by atoms with Crippen molar-refractivity contribution < 1.29 is 9.53 Å². The molecule has 0 fully saturated rings. The van der Waals surface area contributed by atoms with Gasteiger partial charge in [0.2, 0.25) is 0 Å². The molecule has 1 aliphatic carbocycles. The van der Waals surface area contributed by atoms with Crippen LogP contribution < -0.4 is 5.56 Å². The van der Waals surface area contributed by atoms with Crippen LogP contribution in [0.4, 0.5) is 0 Å². The smallest absolute Gasteiger partial charge is 0.338 e. The Balaban J connectivity index is 1.93. The maximum Gasteiger partial charge on any atom is 0.338 e. The van der Waals surface area contributed by atoms with Gasteiger partial charge in [-0.25, -0.2) is 4.79 Å². The molecule has 0 amide bonds. The van der Waals surface area contributed by atoms with Gasteiger partial charge >= 0.3 is 5.97 Å². The molecule has 2 rings (SSSR count). The number of hydrogen-bond acceptors (Lipinski definition) is 3. The Morgan fingerprint density at radius 1 is 1.50 bits per heavy atom. The predicted octanol–water partition coefficient (Wildman–Crippen LogP) is 1.90. The molecule has 1 aliphatic rings. The van der Waals surface area contributed by atoms with Crippen molar-refractivity contribution in [1.82, 2.24) is 4.57 Å². The van der Waals surface area contributed by atoms with Gasteiger partial charge in [-0.1, -0.05) is 12.2 Å². The average molecular weight is 247 g/mol. The molecule has 0 saturated heterocycles. The fourth-order valence-corrected chi connectivity index (χ4v) is 1.96. The molecule has 1 unspecified atom stereocenters. The van der Waals surface area contributed by atoms with Crippen LogP contribution in [0, 0.1) is 5.92 Å². The first-order valence-electron chi connectivity index (χ1n) is 6.15. The van der Waals surface area contributed by atoms with E-state index in [4.69, 9.17) is 4.74 Å². The largest absolute Gasteiger partial charge is 0.462 e. The molecule has 18 heavy (non-hydrogen) atoms. The second-order valence-electron chi connectivity index (χ2n) is 4.61. The van der Waals surface area contributed by atoms with Crippen LogP contribution in [-0.4, -0.2) is 17.1 Å². The minimum Gasteiger partial charge on any atom is -0.462 e. The monoisotopic (exact) mass is 247 g/mol. The van der Waals surface area contributed by atoms with Crippen LogP contribution in [0.5, 0.6) is 0 Å². The van der Waals surface area contributed by atoms with Crippen molar-refractivity contribution in [1.29, 1.82) is 0 Å². The molecule has 4 heteroatoms. The number of hydrogen-bond donors (Lipinski definition) is 0. The number of aromatic nitrogens is 1. The van der Waals surface area contributed by atoms with E-state index < -0.39 is 5.97 Å². The molecule has 0 spiro atoms. The van der Waals surface area contributed by atoms with Crippen molar-refractivity contribution in [2.24, 2.45) is 13.0 Å². The Morgan fingerprint density at radius 2 is 2.33 bits per heavy atom. The molecule has 0 N–H and O–H groups in total. The van der Waals surface area contributed by atoms with Gasteiger partial charge in [-0.3, -0.25) is 4.79 Å². The van der Waals surface area contributed by atoms with Gasteiger partial charge in [0.05, 0.1) is 12.2 Å². The number of ether oxygens (including phenoxy) is 1. The fourth-order valence-electron chi connectivity index (χ4n) is 1.96. The molecule has 0 bridgehead atoms. The van der Waals surface area contributed by atoms with Crippen molar-refractivity contribution in [2.75, 3.05) is 6.61 Å². The lowest BCUT2D eigenvalue weighted by molar-refractivity contribution is 0.0432. The summed E-state index contributed by atoms with van der Waals surface area (Å²) >= 11 is 0. The third kappa shape index (κ3) is 3.09. The number of aryl methyl sites for hydroxylation is 1. The van der Waals surface area contributed by atoms with Crippen molar-refractivity contribution in [3.8, 4) is 0 Å². The summed E-state index contributed by atoms with van der Waals surface area (Å²) in [5, 5.41) is 0. The predicted molar refractivity (Wildman–Crippen MR) is 68.4 cm³/mol. The van der Waals surface area contributed by atoms with Gasteiger partial charge in [-0.05, 0) is 31.2 Å².